The highest BCUT2D eigenvalue weighted by atomic mass is 16.1. The van der Waals surface area contributed by atoms with Crippen LogP contribution in [0.2, 0.25) is 0 Å². The molecule has 0 saturated carbocycles. The zero-order valence-electron chi connectivity index (χ0n) is 22.3. The molecule has 0 bridgehead atoms. The second-order valence-corrected chi connectivity index (χ2v) is 10.4. The van der Waals surface area contributed by atoms with Gasteiger partial charge in [-0.3, -0.25) is 14.4 Å². The third kappa shape index (κ3) is 6.76. The monoisotopic (exact) mass is 487 g/mol. The molecule has 1 fully saturated rings. The normalized spacial score (nSPS) is 14.4. The highest BCUT2D eigenvalue weighted by Crippen LogP contribution is 2.19. The van der Waals surface area contributed by atoms with Gasteiger partial charge in [0.05, 0.1) is 5.69 Å². The molecule has 6 nitrogen and oxygen atoms in total. The largest absolute Gasteiger partial charge is 0.369 e. The number of nitrogens with zero attached hydrogens (tertiary/aromatic N) is 4. The summed E-state index contributed by atoms with van der Waals surface area (Å²) >= 11 is 0. The van der Waals surface area contributed by atoms with Crippen LogP contribution >= 0.6 is 0 Å². The zero-order valence-corrected chi connectivity index (χ0v) is 22.3. The maximum atomic E-state index is 12.7. The van der Waals surface area contributed by atoms with Crippen LogP contribution in [-0.2, 0) is 30.8 Å². The fourth-order valence-corrected chi connectivity index (χ4v) is 5.07. The molecule has 1 aliphatic rings. The summed E-state index contributed by atoms with van der Waals surface area (Å²) in [5, 5.41) is 7.85. The number of amides is 1. The Labute approximate surface area is 216 Å². The van der Waals surface area contributed by atoms with Gasteiger partial charge in [-0.2, -0.15) is 5.10 Å². The molecular weight excluding hydrogens is 446 g/mol. The molecule has 3 aromatic rings. The first kappa shape index (κ1) is 26.0. The van der Waals surface area contributed by atoms with Crippen molar-refractivity contribution in [2.45, 2.75) is 60.2 Å². The predicted octanol–water partition coefficient (Wildman–Crippen LogP) is 4.73. The second-order valence-electron chi connectivity index (χ2n) is 10.4. The molecule has 4 rings (SSSR count). The van der Waals surface area contributed by atoms with E-state index in [0.717, 1.165) is 51.4 Å². The number of aryl methyl sites for hydroxylation is 1. The molecule has 2 aromatic carbocycles. The van der Waals surface area contributed by atoms with Crippen molar-refractivity contribution >= 4 is 11.6 Å². The third-order valence-electron chi connectivity index (χ3n) is 7.15. The van der Waals surface area contributed by atoms with Gasteiger partial charge in [-0.1, -0.05) is 56.3 Å². The van der Waals surface area contributed by atoms with E-state index in [0.29, 0.717) is 18.9 Å². The third-order valence-corrected chi connectivity index (χ3v) is 7.15. The molecular formula is C30H41N5O. The number of para-hydroxylation sites is 1. The number of benzene rings is 2. The van der Waals surface area contributed by atoms with Gasteiger partial charge in [-0.15, -0.1) is 0 Å². The molecule has 36 heavy (non-hydrogen) atoms. The van der Waals surface area contributed by atoms with Crippen molar-refractivity contribution in [2.75, 3.05) is 31.1 Å². The molecule has 1 aliphatic heterocycles. The quantitative estimate of drug-likeness (QED) is 0.449. The van der Waals surface area contributed by atoms with E-state index in [1.807, 2.05) is 6.92 Å². The number of nitrogens with one attached hydrogen (secondary N) is 1. The van der Waals surface area contributed by atoms with E-state index < -0.39 is 0 Å². The average Bonchev–Trinajstić information content (AvgIpc) is 3.14. The second kappa shape index (κ2) is 12.2. The number of piperazine rings is 1. The molecule has 1 N–H and O–H groups in total. The maximum Gasteiger partial charge on any atom is 0.220 e. The Morgan fingerprint density at radius 1 is 0.944 bits per heavy atom. The number of carbonyl (C=O) groups is 1. The minimum Gasteiger partial charge on any atom is -0.369 e. The van der Waals surface area contributed by atoms with Gasteiger partial charge in [0.1, 0.15) is 0 Å². The number of hydrogen-bond donors (Lipinski definition) is 1. The van der Waals surface area contributed by atoms with E-state index in [-0.39, 0.29) is 5.91 Å². The van der Waals surface area contributed by atoms with Crippen molar-refractivity contribution in [3.05, 3.63) is 82.7 Å². The number of hydrogen-bond acceptors (Lipinski definition) is 4. The van der Waals surface area contributed by atoms with Gasteiger partial charge in [-0.05, 0) is 55.0 Å². The summed E-state index contributed by atoms with van der Waals surface area (Å²) in [6.45, 7) is 15.1. The highest BCUT2D eigenvalue weighted by Gasteiger charge is 2.18. The summed E-state index contributed by atoms with van der Waals surface area (Å²) in [6.07, 6.45) is 1.22. The van der Waals surface area contributed by atoms with Gasteiger partial charge in [-0.25, -0.2) is 0 Å². The Morgan fingerprint density at radius 2 is 1.61 bits per heavy atom. The Balaban J connectivity index is 1.27. The van der Waals surface area contributed by atoms with E-state index in [1.54, 1.807) is 0 Å². The van der Waals surface area contributed by atoms with Gasteiger partial charge in [0.2, 0.25) is 5.91 Å². The molecule has 1 aromatic heterocycles. The topological polar surface area (TPSA) is 53.4 Å². The minimum atomic E-state index is 0.0942. The molecule has 2 heterocycles. The van der Waals surface area contributed by atoms with Crippen LogP contribution in [-0.4, -0.2) is 46.8 Å². The fraction of sp³-hybridized carbons (Fsp3) is 0.467. The Kier molecular flexibility index (Phi) is 8.81. The van der Waals surface area contributed by atoms with Gasteiger partial charge < -0.3 is 10.2 Å². The molecule has 0 spiro atoms. The van der Waals surface area contributed by atoms with E-state index in [4.69, 9.17) is 0 Å². The van der Waals surface area contributed by atoms with Crippen molar-refractivity contribution < 1.29 is 4.79 Å². The summed E-state index contributed by atoms with van der Waals surface area (Å²) in [5.41, 5.74) is 7.24. The van der Waals surface area contributed by atoms with E-state index in [2.05, 4.69) is 100 Å². The highest BCUT2D eigenvalue weighted by molar-refractivity contribution is 5.76. The van der Waals surface area contributed by atoms with Crippen molar-refractivity contribution in [3.63, 3.8) is 0 Å². The van der Waals surface area contributed by atoms with Gasteiger partial charge >= 0.3 is 0 Å². The van der Waals surface area contributed by atoms with Crippen LogP contribution in [0.4, 0.5) is 5.69 Å². The summed E-state index contributed by atoms with van der Waals surface area (Å²) in [7, 11) is 0. The lowest BCUT2D eigenvalue weighted by Gasteiger charge is -2.36. The molecule has 0 radical (unpaired) electrons. The standard InChI is InChI=1S/C30H41N5O/c1-23(2)21-35-25(4)29(24(3)32-35)14-15-30(36)31-20-26-10-8-9-11-27(26)22-33-16-18-34(19-17-33)28-12-6-5-7-13-28/h5-13,23H,14-22H2,1-4H3,(H,31,36). The zero-order chi connectivity index (χ0) is 25.5. The molecule has 192 valence electrons. The van der Waals surface area contributed by atoms with E-state index in [9.17, 15) is 4.79 Å². The SMILES string of the molecule is Cc1nn(CC(C)C)c(C)c1CCC(=O)NCc1ccccc1CN1CCN(c2ccccc2)CC1. The van der Waals surface area contributed by atoms with Crippen LogP contribution in [0, 0.1) is 19.8 Å². The summed E-state index contributed by atoms with van der Waals surface area (Å²) in [4.78, 5) is 17.7. The molecule has 6 heteroatoms. The van der Waals surface area contributed by atoms with Crippen molar-refractivity contribution in [1.82, 2.24) is 20.0 Å². The lowest BCUT2D eigenvalue weighted by molar-refractivity contribution is -0.121. The molecule has 0 aliphatic carbocycles. The Bertz CT molecular complexity index is 1130. The molecule has 0 unspecified atom stereocenters. The van der Waals surface area contributed by atoms with Crippen molar-refractivity contribution in [2.24, 2.45) is 5.92 Å². The number of rotatable bonds is 10. The Hall–Kier alpha value is -3.12. The first-order valence-corrected chi connectivity index (χ1v) is 13.3. The first-order valence-electron chi connectivity index (χ1n) is 13.3. The van der Waals surface area contributed by atoms with Crippen LogP contribution in [0.25, 0.3) is 0 Å². The van der Waals surface area contributed by atoms with Gasteiger partial charge in [0.15, 0.2) is 0 Å². The number of anilines is 1. The van der Waals surface area contributed by atoms with Crippen LogP contribution < -0.4 is 10.2 Å². The molecule has 1 saturated heterocycles. The van der Waals surface area contributed by atoms with E-state index in [1.165, 1.54) is 28.1 Å². The van der Waals surface area contributed by atoms with Gasteiger partial charge in [0.25, 0.3) is 0 Å². The minimum absolute atomic E-state index is 0.0942. The molecule has 1 amide bonds. The van der Waals surface area contributed by atoms with Crippen LogP contribution in [0.3, 0.4) is 0 Å². The van der Waals surface area contributed by atoms with Crippen LogP contribution in [0.15, 0.2) is 54.6 Å². The van der Waals surface area contributed by atoms with Crippen LogP contribution in [0.5, 0.6) is 0 Å². The van der Waals surface area contributed by atoms with Crippen LogP contribution in [0.1, 0.15) is 48.3 Å². The fourth-order valence-electron chi connectivity index (χ4n) is 5.07. The van der Waals surface area contributed by atoms with Crippen molar-refractivity contribution in [3.8, 4) is 0 Å². The van der Waals surface area contributed by atoms with E-state index >= 15 is 0 Å². The van der Waals surface area contributed by atoms with Crippen molar-refractivity contribution in [1.29, 1.82) is 0 Å². The number of aromatic nitrogens is 2. The lowest BCUT2D eigenvalue weighted by Crippen LogP contribution is -2.46. The first-order chi connectivity index (χ1) is 17.4. The smallest absolute Gasteiger partial charge is 0.220 e. The Morgan fingerprint density at radius 3 is 2.31 bits per heavy atom. The lowest BCUT2D eigenvalue weighted by atomic mass is 10.1. The van der Waals surface area contributed by atoms with Gasteiger partial charge in [0, 0.05) is 63.6 Å². The summed E-state index contributed by atoms with van der Waals surface area (Å²) in [5.74, 6) is 0.642. The maximum absolute atomic E-state index is 12.7. The molecule has 0 atom stereocenters. The summed E-state index contributed by atoms with van der Waals surface area (Å²) < 4.78 is 2.09. The summed E-state index contributed by atoms with van der Waals surface area (Å²) in [6, 6.07) is 19.2. The number of carbonyl (C=O) groups excluding carboxylic acids is 1. The predicted molar refractivity (Wildman–Crippen MR) is 147 cm³/mol. The average molecular weight is 488 g/mol.